The van der Waals surface area contributed by atoms with Crippen molar-refractivity contribution in [3.8, 4) is 0 Å². The third-order valence-corrected chi connectivity index (χ3v) is 4.72. The summed E-state index contributed by atoms with van der Waals surface area (Å²) >= 11 is 0. The first-order valence-corrected chi connectivity index (χ1v) is 8.72. The zero-order valence-electron chi connectivity index (χ0n) is 13.7. The molecule has 2 heterocycles. The van der Waals surface area contributed by atoms with Crippen LogP contribution < -0.4 is 5.73 Å². The molecular formula is C18H28N4. The average Bonchev–Trinajstić information content (AvgIpc) is 3.17. The van der Waals surface area contributed by atoms with Gasteiger partial charge in [-0.1, -0.05) is 31.9 Å². The fraction of sp³-hybridized carbons (Fsp3) is 0.611. The van der Waals surface area contributed by atoms with E-state index >= 15 is 0 Å². The molecule has 1 atom stereocenters. The Hall–Kier alpha value is -1.39. The van der Waals surface area contributed by atoms with Gasteiger partial charge in [0.1, 0.15) is 5.82 Å². The Balaban J connectivity index is 1.83. The zero-order chi connectivity index (χ0) is 15.4. The summed E-state index contributed by atoms with van der Waals surface area (Å²) in [6.45, 7) is 6.79. The zero-order valence-corrected chi connectivity index (χ0v) is 13.7. The van der Waals surface area contributed by atoms with Crippen molar-refractivity contribution in [3.63, 3.8) is 0 Å². The predicted octanol–water partition coefficient (Wildman–Crippen LogP) is 3.32. The predicted molar refractivity (Wildman–Crippen MR) is 91.9 cm³/mol. The van der Waals surface area contributed by atoms with Gasteiger partial charge < -0.3 is 15.2 Å². The van der Waals surface area contributed by atoms with E-state index in [1.807, 2.05) is 0 Å². The first-order chi connectivity index (χ1) is 10.8. The maximum absolute atomic E-state index is 6.43. The molecule has 1 saturated heterocycles. The van der Waals surface area contributed by atoms with Crippen LogP contribution in [0.2, 0.25) is 0 Å². The van der Waals surface area contributed by atoms with Crippen LogP contribution in [0.15, 0.2) is 24.3 Å². The second-order valence-electron chi connectivity index (χ2n) is 6.41. The summed E-state index contributed by atoms with van der Waals surface area (Å²) in [4.78, 5) is 7.38. The molecule has 1 aromatic carbocycles. The Morgan fingerprint density at radius 1 is 1.18 bits per heavy atom. The van der Waals surface area contributed by atoms with Crippen molar-refractivity contribution in [3.05, 3.63) is 30.1 Å². The van der Waals surface area contributed by atoms with E-state index in [9.17, 15) is 0 Å². The van der Waals surface area contributed by atoms with Gasteiger partial charge in [0.25, 0.3) is 0 Å². The Kier molecular flexibility index (Phi) is 5.11. The second kappa shape index (κ2) is 7.25. The highest BCUT2D eigenvalue weighted by Crippen LogP contribution is 2.23. The van der Waals surface area contributed by atoms with E-state index in [0.29, 0.717) is 0 Å². The third-order valence-electron chi connectivity index (χ3n) is 4.72. The standard InChI is InChI=1S/C18H28N4/c1-2-3-8-15(19)18-20-16-9-4-5-10-17(16)22(18)14-13-21-11-6-7-12-21/h4-5,9-10,15H,2-3,6-8,11-14,19H2,1H3. The lowest BCUT2D eigenvalue weighted by Gasteiger charge is -2.18. The highest BCUT2D eigenvalue weighted by molar-refractivity contribution is 5.76. The van der Waals surface area contributed by atoms with Crippen molar-refractivity contribution >= 4 is 11.0 Å². The van der Waals surface area contributed by atoms with E-state index in [1.54, 1.807) is 0 Å². The summed E-state index contributed by atoms with van der Waals surface area (Å²) in [7, 11) is 0. The molecule has 0 saturated carbocycles. The van der Waals surface area contributed by atoms with Crippen LogP contribution in [0.1, 0.15) is 50.9 Å². The van der Waals surface area contributed by atoms with Crippen LogP contribution in [0.4, 0.5) is 0 Å². The van der Waals surface area contributed by atoms with Gasteiger partial charge in [-0.15, -0.1) is 0 Å². The Bertz CT molecular complexity index is 598. The molecule has 0 radical (unpaired) electrons. The van der Waals surface area contributed by atoms with Crippen LogP contribution in [0.25, 0.3) is 11.0 Å². The molecule has 3 rings (SSSR count). The molecule has 0 spiro atoms. The molecular weight excluding hydrogens is 272 g/mol. The Morgan fingerprint density at radius 2 is 1.95 bits per heavy atom. The quantitative estimate of drug-likeness (QED) is 0.853. The van der Waals surface area contributed by atoms with Crippen molar-refractivity contribution in [2.75, 3.05) is 19.6 Å². The van der Waals surface area contributed by atoms with Gasteiger partial charge >= 0.3 is 0 Å². The first kappa shape index (κ1) is 15.5. The minimum Gasteiger partial charge on any atom is -0.325 e. The topological polar surface area (TPSA) is 47.1 Å². The lowest BCUT2D eigenvalue weighted by molar-refractivity contribution is 0.320. The second-order valence-corrected chi connectivity index (χ2v) is 6.41. The van der Waals surface area contributed by atoms with Crippen molar-refractivity contribution in [1.82, 2.24) is 14.5 Å². The lowest BCUT2D eigenvalue weighted by Crippen LogP contribution is -2.26. The van der Waals surface area contributed by atoms with E-state index < -0.39 is 0 Å². The number of benzene rings is 1. The molecule has 2 aromatic rings. The highest BCUT2D eigenvalue weighted by Gasteiger charge is 2.18. The number of aromatic nitrogens is 2. The van der Waals surface area contributed by atoms with Crippen LogP contribution in [-0.2, 0) is 6.54 Å². The van der Waals surface area contributed by atoms with E-state index in [-0.39, 0.29) is 6.04 Å². The monoisotopic (exact) mass is 300 g/mol. The number of unbranched alkanes of at least 4 members (excludes halogenated alkanes) is 1. The van der Waals surface area contributed by atoms with Crippen LogP contribution in [0.5, 0.6) is 0 Å². The molecule has 1 unspecified atom stereocenters. The Labute approximate surface area is 133 Å². The Morgan fingerprint density at radius 3 is 2.73 bits per heavy atom. The summed E-state index contributed by atoms with van der Waals surface area (Å²) in [6, 6.07) is 8.46. The summed E-state index contributed by atoms with van der Waals surface area (Å²) < 4.78 is 2.36. The molecule has 120 valence electrons. The fourth-order valence-corrected chi connectivity index (χ4v) is 3.41. The molecule has 1 aromatic heterocycles. The van der Waals surface area contributed by atoms with Crippen molar-refractivity contribution < 1.29 is 0 Å². The van der Waals surface area contributed by atoms with Gasteiger partial charge in [0.2, 0.25) is 0 Å². The van der Waals surface area contributed by atoms with Crippen molar-refractivity contribution in [1.29, 1.82) is 0 Å². The molecule has 4 heteroatoms. The van der Waals surface area contributed by atoms with Gasteiger partial charge in [-0.25, -0.2) is 4.98 Å². The van der Waals surface area contributed by atoms with E-state index in [4.69, 9.17) is 10.7 Å². The number of nitrogens with zero attached hydrogens (tertiary/aromatic N) is 3. The molecule has 4 nitrogen and oxygen atoms in total. The normalized spacial score (nSPS) is 17.4. The van der Waals surface area contributed by atoms with Crippen LogP contribution in [-0.4, -0.2) is 34.1 Å². The smallest absolute Gasteiger partial charge is 0.126 e. The van der Waals surface area contributed by atoms with Gasteiger partial charge in [-0.05, 0) is 44.5 Å². The van der Waals surface area contributed by atoms with Crippen LogP contribution in [0, 0.1) is 0 Å². The molecule has 0 aliphatic carbocycles. The molecule has 1 aliphatic heterocycles. The lowest BCUT2D eigenvalue weighted by atomic mass is 10.1. The molecule has 1 aliphatic rings. The van der Waals surface area contributed by atoms with Crippen LogP contribution >= 0.6 is 0 Å². The van der Waals surface area contributed by atoms with Gasteiger partial charge in [-0.2, -0.15) is 0 Å². The van der Waals surface area contributed by atoms with Crippen molar-refractivity contribution in [2.45, 2.75) is 51.6 Å². The van der Waals surface area contributed by atoms with Crippen LogP contribution in [0.3, 0.4) is 0 Å². The number of rotatable bonds is 7. The molecule has 22 heavy (non-hydrogen) atoms. The SMILES string of the molecule is CCCCC(N)c1nc2ccccc2n1CCN1CCCC1. The maximum atomic E-state index is 6.43. The highest BCUT2D eigenvalue weighted by atomic mass is 15.2. The summed E-state index contributed by atoms with van der Waals surface area (Å²) in [5, 5.41) is 0. The number of fused-ring (bicyclic) bond motifs is 1. The average molecular weight is 300 g/mol. The number of likely N-dealkylation sites (tertiary alicyclic amines) is 1. The number of imidazole rings is 1. The molecule has 0 bridgehead atoms. The summed E-state index contributed by atoms with van der Waals surface area (Å²) in [5.74, 6) is 1.06. The number of para-hydroxylation sites is 2. The van der Waals surface area contributed by atoms with E-state index in [0.717, 1.165) is 37.3 Å². The number of hydrogen-bond acceptors (Lipinski definition) is 3. The maximum Gasteiger partial charge on any atom is 0.126 e. The molecule has 0 amide bonds. The summed E-state index contributed by atoms with van der Waals surface area (Å²) in [5.41, 5.74) is 8.73. The van der Waals surface area contributed by atoms with E-state index in [1.165, 1.54) is 37.9 Å². The van der Waals surface area contributed by atoms with Gasteiger partial charge in [0.15, 0.2) is 0 Å². The van der Waals surface area contributed by atoms with Gasteiger partial charge in [0.05, 0.1) is 17.1 Å². The largest absolute Gasteiger partial charge is 0.325 e. The first-order valence-electron chi connectivity index (χ1n) is 8.72. The van der Waals surface area contributed by atoms with Gasteiger partial charge in [0, 0.05) is 13.1 Å². The third kappa shape index (κ3) is 3.33. The molecule has 2 N–H and O–H groups in total. The minimum atomic E-state index is 0.0472. The molecule has 1 fully saturated rings. The minimum absolute atomic E-state index is 0.0472. The summed E-state index contributed by atoms with van der Waals surface area (Å²) in [6.07, 6.45) is 6.04. The fourth-order valence-electron chi connectivity index (χ4n) is 3.41. The number of nitrogens with two attached hydrogens (primary N) is 1. The van der Waals surface area contributed by atoms with Crippen molar-refractivity contribution in [2.24, 2.45) is 5.73 Å². The van der Waals surface area contributed by atoms with E-state index in [2.05, 4.69) is 40.7 Å². The number of hydrogen-bond donors (Lipinski definition) is 1. The van der Waals surface area contributed by atoms with Gasteiger partial charge in [-0.3, -0.25) is 0 Å².